The largest absolute Gasteiger partial charge is 0.391 e. The summed E-state index contributed by atoms with van der Waals surface area (Å²) in [5, 5.41) is 19.0. The Hall–Kier alpha value is -0.450. The van der Waals surface area contributed by atoms with E-state index in [1.165, 1.54) is 70.6 Å². The van der Waals surface area contributed by atoms with E-state index in [4.69, 9.17) is 5.73 Å². The maximum absolute atomic E-state index is 10.4. The van der Waals surface area contributed by atoms with Crippen LogP contribution in [0.25, 0.3) is 0 Å². The topological polar surface area (TPSA) is 83.6 Å². The third kappa shape index (κ3) is 13.7. The zero-order valence-corrected chi connectivity index (χ0v) is 15.1. The number of carbonyl (C=O) groups excluding carboxylic acids is 1. The van der Waals surface area contributed by atoms with Gasteiger partial charge in [-0.2, -0.15) is 0 Å². The van der Waals surface area contributed by atoms with Gasteiger partial charge in [0.05, 0.1) is 12.1 Å². The fourth-order valence-corrected chi connectivity index (χ4v) is 2.88. The van der Waals surface area contributed by atoms with Crippen molar-refractivity contribution in [2.24, 2.45) is 5.73 Å². The predicted molar refractivity (Wildman–Crippen MR) is 96.4 cm³/mol. The van der Waals surface area contributed by atoms with Crippen LogP contribution in [0.5, 0.6) is 0 Å². The van der Waals surface area contributed by atoms with Gasteiger partial charge in [0.2, 0.25) is 0 Å². The van der Waals surface area contributed by atoms with Crippen LogP contribution in [-0.4, -0.2) is 34.7 Å². The number of hydrogen-bond donors (Lipinski definition) is 3. The molecule has 0 amide bonds. The van der Waals surface area contributed by atoms with Crippen molar-refractivity contribution in [3.05, 3.63) is 0 Å². The molecule has 0 spiro atoms. The van der Waals surface area contributed by atoms with Crippen molar-refractivity contribution in [1.29, 1.82) is 0 Å². The Balaban J connectivity index is 3.26. The van der Waals surface area contributed by atoms with Gasteiger partial charge in [0.25, 0.3) is 0 Å². The van der Waals surface area contributed by atoms with Crippen LogP contribution in [0.2, 0.25) is 0 Å². The van der Waals surface area contributed by atoms with Crippen molar-refractivity contribution in [2.75, 3.05) is 0 Å². The lowest BCUT2D eigenvalue weighted by molar-refractivity contribution is -0.117. The Bertz CT molecular complexity index is 261. The number of nitrogens with two attached hydrogens (primary N) is 1. The third-order valence-electron chi connectivity index (χ3n) is 4.58. The van der Waals surface area contributed by atoms with E-state index in [0.717, 1.165) is 12.8 Å². The summed E-state index contributed by atoms with van der Waals surface area (Å²) in [5.74, 6) is 0. The van der Waals surface area contributed by atoms with Crippen LogP contribution in [0.1, 0.15) is 96.8 Å². The molecule has 3 atom stereocenters. The van der Waals surface area contributed by atoms with Crippen molar-refractivity contribution < 1.29 is 15.0 Å². The molecule has 1 unspecified atom stereocenters. The van der Waals surface area contributed by atoms with Gasteiger partial charge in [-0.15, -0.1) is 0 Å². The lowest BCUT2D eigenvalue weighted by Gasteiger charge is -2.20. The second kappa shape index (κ2) is 16.4. The number of aliphatic hydroxyl groups is 2. The normalized spacial score (nSPS) is 15.3. The van der Waals surface area contributed by atoms with Crippen LogP contribution < -0.4 is 5.73 Å². The third-order valence-corrected chi connectivity index (χ3v) is 4.58. The molecule has 0 fully saturated rings. The summed E-state index contributed by atoms with van der Waals surface area (Å²) in [6.45, 7) is 2.25. The Morgan fingerprint density at radius 3 is 1.57 bits per heavy atom. The molecule has 23 heavy (non-hydrogen) atoms. The first-order chi connectivity index (χ1) is 11.1. The molecule has 0 heterocycles. The van der Waals surface area contributed by atoms with Gasteiger partial charge in [-0.05, 0) is 6.42 Å². The van der Waals surface area contributed by atoms with Gasteiger partial charge in [0, 0.05) is 0 Å². The van der Waals surface area contributed by atoms with E-state index in [1.54, 1.807) is 0 Å². The highest BCUT2D eigenvalue weighted by Crippen LogP contribution is 2.14. The molecular weight excluding hydrogens is 290 g/mol. The van der Waals surface area contributed by atoms with Gasteiger partial charge >= 0.3 is 0 Å². The fourth-order valence-electron chi connectivity index (χ4n) is 2.88. The quantitative estimate of drug-likeness (QED) is 0.280. The van der Waals surface area contributed by atoms with Crippen LogP contribution in [0, 0.1) is 0 Å². The van der Waals surface area contributed by atoms with E-state index in [0.29, 0.717) is 12.7 Å². The summed E-state index contributed by atoms with van der Waals surface area (Å²) in [6.07, 6.45) is 15.6. The lowest BCUT2D eigenvalue weighted by atomic mass is 9.99. The number of aliphatic hydroxyl groups excluding tert-OH is 2. The highest BCUT2D eigenvalue weighted by Gasteiger charge is 2.21. The standard InChI is InChI=1S/C19H39NO3/c1-2-3-4-5-6-7-8-9-10-11-12-13-14-15-17(22)19(20)18(23)16-21/h16-19,22-23H,2-15,20H2,1H3/t17-,18?,19-/m1/s1. The first kappa shape index (κ1) is 22.6. The molecular formula is C19H39NO3. The summed E-state index contributed by atoms with van der Waals surface area (Å²) < 4.78 is 0. The molecule has 4 N–H and O–H groups in total. The molecule has 4 nitrogen and oxygen atoms in total. The van der Waals surface area contributed by atoms with Crippen molar-refractivity contribution in [3.8, 4) is 0 Å². The molecule has 0 rings (SSSR count). The van der Waals surface area contributed by atoms with E-state index in [2.05, 4.69) is 6.92 Å². The minimum absolute atomic E-state index is 0.387. The average molecular weight is 330 g/mol. The number of rotatable bonds is 17. The van der Waals surface area contributed by atoms with Gasteiger partial charge in [-0.3, -0.25) is 0 Å². The van der Waals surface area contributed by atoms with E-state index in [9.17, 15) is 15.0 Å². The summed E-state index contributed by atoms with van der Waals surface area (Å²) >= 11 is 0. The van der Waals surface area contributed by atoms with Crippen LogP contribution in [-0.2, 0) is 4.79 Å². The molecule has 0 aliphatic heterocycles. The molecule has 0 bridgehead atoms. The molecule has 0 saturated carbocycles. The molecule has 0 aromatic carbocycles. The summed E-state index contributed by atoms with van der Waals surface area (Å²) in [7, 11) is 0. The first-order valence-electron chi connectivity index (χ1n) is 9.70. The van der Waals surface area contributed by atoms with E-state index >= 15 is 0 Å². The Morgan fingerprint density at radius 2 is 1.17 bits per heavy atom. The first-order valence-corrected chi connectivity index (χ1v) is 9.70. The smallest absolute Gasteiger partial charge is 0.150 e. The molecule has 138 valence electrons. The molecule has 0 radical (unpaired) electrons. The van der Waals surface area contributed by atoms with Gasteiger partial charge in [-0.1, -0.05) is 90.4 Å². The SMILES string of the molecule is CCCCCCCCCCCCCCC[C@@H](O)[C@@H](N)C(O)C=O. The average Bonchev–Trinajstić information content (AvgIpc) is 2.57. The lowest BCUT2D eigenvalue weighted by Crippen LogP contribution is -2.45. The van der Waals surface area contributed by atoms with Crippen molar-refractivity contribution in [3.63, 3.8) is 0 Å². The van der Waals surface area contributed by atoms with E-state index in [-0.39, 0.29) is 0 Å². The van der Waals surface area contributed by atoms with Crippen LogP contribution in [0.3, 0.4) is 0 Å². The second-order valence-electron chi connectivity index (χ2n) is 6.80. The van der Waals surface area contributed by atoms with Gasteiger partial charge in [-0.25, -0.2) is 0 Å². The van der Waals surface area contributed by atoms with Gasteiger partial charge < -0.3 is 20.7 Å². The minimum Gasteiger partial charge on any atom is -0.391 e. The van der Waals surface area contributed by atoms with Crippen LogP contribution >= 0.6 is 0 Å². The summed E-state index contributed by atoms with van der Waals surface area (Å²) in [6, 6.07) is -0.857. The highest BCUT2D eigenvalue weighted by atomic mass is 16.3. The molecule has 0 aromatic rings. The van der Waals surface area contributed by atoms with Crippen molar-refractivity contribution in [2.45, 2.75) is 115 Å². The number of aldehydes is 1. The molecule has 0 aliphatic carbocycles. The van der Waals surface area contributed by atoms with Crippen LogP contribution in [0.15, 0.2) is 0 Å². The number of unbranched alkanes of at least 4 members (excludes halogenated alkanes) is 12. The van der Waals surface area contributed by atoms with Gasteiger partial charge in [0.1, 0.15) is 12.4 Å². The maximum atomic E-state index is 10.4. The summed E-state index contributed by atoms with van der Waals surface area (Å²) in [4.78, 5) is 10.4. The maximum Gasteiger partial charge on any atom is 0.150 e. The van der Waals surface area contributed by atoms with E-state index in [1.807, 2.05) is 0 Å². The number of carbonyl (C=O) groups is 1. The monoisotopic (exact) mass is 329 g/mol. The predicted octanol–water partition coefficient (Wildman–Crippen LogP) is 3.72. The van der Waals surface area contributed by atoms with Gasteiger partial charge in [0.15, 0.2) is 0 Å². The Morgan fingerprint density at radius 1 is 0.783 bits per heavy atom. The second-order valence-corrected chi connectivity index (χ2v) is 6.80. The molecule has 0 aromatic heterocycles. The Labute approximate surface area is 142 Å². The van der Waals surface area contributed by atoms with Crippen molar-refractivity contribution in [1.82, 2.24) is 0 Å². The highest BCUT2D eigenvalue weighted by molar-refractivity contribution is 5.57. The van der Waals surface area contributed by atoms with E-state index < -0.39 is 18.2 Å². The zero-order chi connectivity index (χ0) is 17.3. The summed E-state index contributed by atoms with van der Waals surface area (Å²) in [5.41, 5.74) is 5.59. The minimum atomic E-state index is -1.26. The fraction of sp³-hybridized carbons (Fsp3) is 0.947. The molecule has 4 heteroatoms. The molecule has 0 saturated heterocycles. The molecule has 0 aliphatic rings. The van der Waals surface area contributed by atoms with Crippen molar-refractivity contribution >= 4 is 6.29 Å². The zero-order valence-electron chi connectivity index (χ0n) is 15.1. The number of hydrogen-bond acceptors (Lipinski definition) is 4. The van der Waals surface area contributed by atoms with Crippen LogP contribution in [0.4, 0.5) is 0 Å². The Kier molecular flexibility index (Phi) is 16.1.